The molecule has 1 aliphatic heterocycles. The second-order valence-electron chi connectivity index (χ2n) is 12.8. The molecule has 13 heteroatoms. The molecule has 0 aliphatic carbocycles. The average Bonchev–Trinajstić information content (AvgIpc) is 3.10. The third kappa shape index (κ3) is 9.48. The Morgan fingerprint density at radius 3 is 1.90 bits per heavy atom. The molecule has 0 bridgehead atoms. The summed E-state index contributed by atoms with van der Waals surface area (Å²) in [6, 6.07) is 31.9. The smallest absolute Gasteiger partial charge is 0.359 e. The largest absolute Gasteiger partial charge is 0.546 e. The van der Waals surface area contributed by atoms with Crippen molar-refractivity contribution in [1.82, 2.24) is 10.2 Å². The second-order valence-corrected chi connectivity index (χ2v) is 21.2. The van der Waals surface area contributed by atoms with Gasteiger partial charge < -0.3 is 19.2 Å². The molecule has 1 N–H and O–H groups in total. The van der Waals surface area contributed by atoms with Gasteiger partial charge in [-0.2, -0.15) is 0 Å². The molecule has 2 unspecified atom stereocenters. The van der Waals surface area contributed by atoms with Gasteiger partial charge in [-0.1, -0.05) is 96.6 Å². The van der Waals surface area contributed by atoms with Crippen molar-refractivity contribution in [2.45, 2.75) is 55.9 Å². The summed E-state index contributed by atoms with van der Waals surface area (Å²) in [5.74, 6) is -1.71. The fourth-order valence-electron chi connectivity index (χ4n) is 5.37. The van der Waals surface area contributed by atoms with E-state index in [0.717, 1.165) is 10.5 Å². The van der Waals surface area contributed by atoms with Crippen molar-refractivity contribution < 1.29 is 36.7 Å². The number of para-hydroxylation sites is 1. The minimum Gasteiger partial charge on any atom is -0.546 e. The van der Waals surface area contributed by atoms with Gasteiger partial charge in [-0.25, -0.2) is 13.2 Å². The van der Waals surface area contributed by atoms with Crippen molar-refractivity contribution in [1.29, 1.82) is 0 Å². The van der Waals surface area contributed by atoms with Crippen molar-refractivity contribution in [3.63, 3.8) is 0 Å². The van der Waals surface area contributed by atoms with Crippen LogP contribution in [0.5, 0.6) is 5.75 Å². The highest BCUT2D eigenvalue weighted by Gasteiger charge is 2.55. The Labute approximate surface area is 303 Å². The summed E-state index contributed by atoms with van der Waals surface area (Å²) in [4.78, 5) is 42.6. The van der Waals surface area contributed by atoms with Crippen LogP contribution in [0.25, 0.3) is 0 Å². The van der Waals surface area contributed by atoms with E-state index in [1.807, 2.05) is 87.2 Å². The van der Waals surface area contributed by atoms with Crippen LogP contribution in [0.2, 0.25) is 19.6 Å². The Bertz CT molecular complexity index is 1950. The van der Waals surface area contributed by atoms with E-state index in [2.05, 4.69) is 5.32 Å². The van der Waals surface area contributed by atoms with Gasteiger partial charge in [0, 0.05) is 10.8 Å². The minimum atomic E-state index is -4.11. The predicted molar refractivity (Wildman–Crippen MR) is 198 cm³/mol. The number of likely N-dealkylation sites (tertiary alicyclic amines) is 1. The summed E-state index contributed by atoms with van der Waals surface area (Å²) in [7, 11) is -6.04. The van der Waals surface area contributed by atoms with Crippen LogP contribution in [0.15, 0.2) is 132 Å². The topological polar surface area (TPSA) is 128 Å². The standard InChI is InChI=1S/C38H40N2O8S2Si/c1-26-21-23-31(24-22-26)50(44,45)49-37-33(39-32(41)25-46-30-19-13-8-14-20-30)36(42)40(37)34(27(2)48-51(3,4)5)38(43)47-35(28-15-9-6-10-16-28)29-17-11-7-12-18-29/h6-24,33,35,37H,25H2,1-5H3,(H,39,41). The maximum absolute atomic E-state index is 14.4. The number of carbonyl (C=O) groups is 3. The maximum atomic E-state index is 14.4. The lowest BCUT2D eigenvalue weighted by atomic mass is 10.0. The molecule has 5 rings (SSSR count). The van der Waals surface area contributed by atoms with Crippen LogP contribution in [0.1, 0.15) is 29.7 Å². The van der Waals surface area contributed by atoms with Crippen LogP contribution in [-0.4, -0.2) is 57.4 Å². The lowest BCUT2D eigenvalue weighted by molar-refractivity contribution is -0.155. The summed E-state index contributed by atoms with van der Waals surface area (Å²) in [6.07, 6.45) is -0.862. The van der Waals surface area contributed by atoms with E-state index in [1.54, 1.807) is 49.4 Å². The highest BCUT2D eigenvalue weighted by Crippen LogP contribution is 2.41. The van der Waals surface area contributed by atoms with E-state index in [4.69, 9.17) is 13.9 Å². The first-order chi connectivity index (χ1) is 24.2. The van der Waals surface area contributed by atoms with Crippen LogP contribution in [0.3, 0.4) is 0 Å². The Balaban J connectivity index is 1.52. The zero-order chi connectivity index (χ0) is 36.8. The van der Waals surface area contributed by atoms with Crippen molar-refractivity contribution in [3.05, 3.63) is 143 Å². The van der Waals surface area contributed by atoms with E-state index in [0.29, 0.717) is 27.7 Å². The summed E-state index contributed by atoms with van der Waals surface area (Å²) < 4.78 is 45.6. The molecule has 1 saturated heterocycles. The van der Waals surface area contributed by atoms with Crippen LogP contribution in [0.4, 0.5) is 0 Å². The summed E-state index contributed by atoms with van der Waals surface area (Å²) in [5, 5.41) is 1.36. The number of esters is 1. The Kier molecular flexibility index (Phi) is 11.7. The molecule has 4 aromatic rings. The van der Waals surface area contributed by atoms with Gasteiger partial charge in [0.1, 0.15) is 22.9 Å². The molecule has 10 nitrogen and oxygen atoms in total. The van der Waals surface area contributed by atoms with Gasteiger partial charge in [0.15, 0.2) is 18.4 Å². The first-order valence-electron chi connectivity index (χ1n) is 16.2. The number of nitrogens with one attached hydrogen (secondary N) is 1. The number of amides is 2. The van der Waals surface area contributed by atoms with Gasteiger partial charge in [-0.05, 0) is 68.9 Å². The van der Waals surface area contributed by atoms with Crippen molar-refractivity contribution in [3.8, 4) is 5.75 Å². The molecule has 2 atom stereocenters. The molecule has 51 heavy (non-hydrogen) atoms. The fourth-order valence-corrected chi connectivity index (χ4v) is 9.85. The van der Waals surface area contributed by atoms with Crippen molar-refractivity contribution in [2.75, 3.05) is 6.61 Å². The molecule has 266 valence electrons. The SMILES string of the molecule is CC(O[Si](C)(C)C)=C(C(=O)OC(c1ccccc1)c1ccccc1)N1C(=O)C(NC(=O)COc2ccccc2)C1SS(=O)(=O)c1ccc(C)cc1. The second kappa shape index (κ2) is 16.0. The molecule has 1 aliphatic rings. The van der Waals surface area contributed by atoms with Gasteiger partial charge in [0.2, 0.25) is 17.2 Å². The summed E-state index contributed by atoms with van der Waals surface area (Å²) >= 11 is 0. The monoisotopic (exact) mass is 744 g/mol. The van der Waals surface area contributed by atoms with E-state index >= 15 is 0 Å². The van der Waals surface area contributed by atoms with E-state index in [-0.39, 0.29) is 16.4 Å². The van der Waals surface area contributed by atoms with Gasteiger partial charge in [0.25, 0.3) is 11.8 Å². The molecular weight excluding hydrogens is 705 g/mol. The van der Waals surface area contributed by atoms with Crippen LogP contribution in [-0.2, 0) is 32.4 Å². The number of carbonyl (C=O) groups excluding carboxylic acids is 3. The minimum absolute atomic E-state index is 0.00582. The third-order valence-electron chi connectivity index (χ3n) is 7.66. The highest BCUT2D eigenvalue weighted by atomic mass is 33.1. The van der Waals surface area contributed by atoms with Gasteiger partial charge in [-0.3, -0.25) is 14.5 Å². The number of nitrogens with zero attached hydrogens (tertiary/aromatic N) is 1. The maximum Gasteiger partial charge on any atom is 0.359 e. The number of rotatable bonds is 14. The molecule has 0 radical (unpaired) electrons. The highest BCUT2D eigenvalue weighted by molar-refractivity contribution is 8.72. The van der Waals surface area contributed by atoms with Crippen molar-refractivity contribution >= 4 is 45.8 Å². The zero-order valence-corrected chi connectivity index (χ0v) is 31.6. The fraction of sp³-hybridized carbons (Fsp3) is 0.237. The lowest BCUT2D eigenvalue weighted by Gasteiger charge is -2.46. The molecule has 1 fully saturated rings. The van der Waals surface area contributed by atoms with E-state index < -0.39 is 59.1 Å². The first kappa shape index (κ1) is 37.4. The van der Waals surface area contributed by atoms with Gasteiger partial charge in [0.05, 0.1) is 4.90 Å². The molecule has 0 spiro atoms. The van der Waals surface area contributed by atoms with E-state index in [1.165, 1.54) is 12.1 Å². The quantitative estimate of drug-likeness (QED) is 0.0381. The molecule has 4 aromatic carbocycles. The Hall–Kier alpha value is -4.85. The van der Waals surface area contributed by atoms with E-state index in [9.17, 15) is 22.8 Å². The molecule has 0 aromatic heterocycles. The number of hydrogen-bond acceptors (Lipinski definition) is 9. The molecule has 1 heterocycles. The number of β-lactam (4-membered cyclic amide) rings is 1. The predicted octanol–water partition coefficient (Wildman–Crippen LogP) is 6.56. The Morgan fingerprint density at radius 2 is 1.37 bits per heavy atom. The summed E-state index contributed by atoms with van der Waals surface area (Å²) in [5.41, 5.74) is 1.99. The zero-order valence-electron chi connectivity index (χ0n) is 28.9. The normalized spacial score (nSPS) is 16.5. The third-order valence-corrected chi connectivity index (χ3v) is 12.3. The first-order valence-corrected chi connectivity index (χ1v) is 22.5. The number of aryl methyl sites for hydroxylation is 1. The molecule has 0 saturated carbocycles. The number of hydrogen-bond donors (Lipinski definition) is 1. The molecular formula is C38H40N2O8S2Si. The number of allylic oxidation sites excluding steroid dienone is 1. The lowest BCUT2D eigenvalue weighted by Crippen LogP contribution is -2.70. The van der Waals surface area contributed by atoms with Crippen LogP contribution < -0.4 is 10.1 Å². The number of ether oxygens (including phenoxy) is 2. The Morgan fingerprint density at radius 1 is 0.843 bits per heavy atom. The van der Waals surface area contributed by atoms with Crippen molar-refractivity contribution in [2.24, 2.45) is 0 Å². The molecule has 2 amide bonds. The van der Waals surface area contributed by atoms with Crippen LogP contribution in [0, 0.1) is 6.92 Å². The van der Waals surface area contributed by atoms with Gasteiger partial charge >= 0.3 is 5.97 Å². The number of benzene rings is 4. The average molecular weight is 745 g/mol. The van der Waals surface area contributed by atoms with Gasteiger partial charge in [-0.15, -0.1) is 0 Å². The van der Waals surface area contributed by atoms with Crippen LogP contribution >= 0.6 is 10.8 Å². The summed E-state index contributed by atoms with van der Waals surface area (Å²) in [6.45, 7) is 8.71.